The van der Waals surface area contributed by atoms with Gasteiger partial charge in [0.1, 0.15) is 0 Å². The molecule has 0 radical (unpaired) electrons. The summed E-state index contributed by atoms with van der Waals surface area (Å²) in [7, 11) is 3.92. The number of carbonyl (C=O) groups is 1. The molecule has 32 heavy (non-hydrogen) atoms. The number of pyridine rings is 1. The number of fused-ring (bicyclic) bond motifs is 1. The number of carbonyl (C=O) groups excluding carboxylic acids is 1. The van der Waals surface area contributed by atoms with Gasteiger partial charge in [-0.3, -0.25) is 14.9 Å². The Kier molecular flexibility index (Phi) is 7.09. The number of nitro groups is 1. The summed E-state index contributed by atoms with van der Waals surface area (Å²) in [6.45, 7) is 4.85. The Morgan fingerprint density at radius 1 is 1.28 bits per heavy atom. The molecule has 1 N–H and O–H groups in total. The van der Waals surface area contributed by atoms with Crippen molar-refractivity contribution in [2.24, 2.45) is 0 Å². The number of nitrogens with one attached hydrogen (secondary N) is 1. The van der Waals surface area contributed by atoms with Gasteiger partial charge >= 0.3 is 5.97 Å². The lowest BCUT2D eigenvalue weighted by Gasteiger charge is -2.29. The lowest BCUT2D eigenvalue weighted by molar-refractivity contribution is -0.385. The van der Waals surface area contributed by atoms with Gasteiger partial charge in [-0.05, 0) is 47.0 Å². The van der Waals surface area contributed by atoms with Gasteiger partial charge in [-0.15, -0.1) is 0 Å². The van der Waals surface area contributed by atoms with Crippen molar-refractivity contribution in [3.63, 3.8) is 0 Å². The highest BCUT2D eigenvalue weighted by molar-refractivity contribution is 5.95. The van der Waals surface area contributed by atoms with Crippen LogP contribution in [0, 0.1) is 10.1 Å². The Morgan fingerprint density at radius 2 is 2.00 bits per heavy atom. The molecular weight excluding hydrogens is 412 g/mol. The highest BCUT2D eigenvalue weighted by atomic mass is 16.6. The van der Waals surface area contributed by atoms with Crippen molar-refractivity contribution in [2.45, 2.75) is 32.7 Å². The van der Waals surface area contributed by atoms with Gasteiger partial charge in [-0.2, -0.15) is 0 Å². The molecule has 0 spiro atoms. The third kappa shape index (κ3) is 4.57. The number of esters is 1. The average molecular weight is 441 g/mol. The first-order valence-electron chi connectivity index (χ1n) is 10.5. The Hall–Kier alpha value is -3.46. The molecule has 1 unspecified atom stereocenters. The van der Waals surface area contributed by atoms with Gasteiger partial charge in [0, 0.05) is 35.8 Å². The van der Waals surface area contributed by atoms with E-state index in [2.05, 4.69) is 5.32 Å². The zero-order chi connectivity index (χ0) is 23.4. The molecule has 1 aliphatic heterocycles. The van der Waals surface area contributed by atoms with E-state index in [1.807, 2.05) is 19.0 Å². The minimum Gasteiger partial charge on any atom is -0.463 e. The van der Waals surface area contributed by atoms with Gasteiger partial charge in [0.05, 0.1) is 28.6 Å². The van der Waals surface area contributed by atoms with E-state index in [-0.39, 0.29) is 29.0 Å². The van der Waals surface area contributed by atoms with Crippen molar-refractivity contribution < 1.29 is 14.5 Å². The Balaban J connectivity index is 2.22. The molecule has 0 saturated heterocycles. The maximum Gasteiger partial charge on any atom is 0.336 e. The molecule has 9 heteroatoms. The van der Waals surface area contributed by atoms with Crippen molar-refractivity contribution in [3.8, 4) is 0 Å². The number of ether oxygens (including phenoxy) is 1. The predicted molar refractivity (Wildman–Crippen MR) is 122 cm³/mol. The predicted octanol–water partition coefficient (Wildman–Crippen LogP) is 3.10. The smallest absolute Gasteiger partial charge is 0.336 e. The SMILES string of the molecule is CCOC(=O)C1=C(C)Nc2ccn(CCCN(C)C)c(=O)c2C1c1ccccc1[N+](=O)[O-]. The number of nitrogens with zero attached hydrogens (tertiary/aromatic N) is 3. The van der Waals surface area contributed by atoms with E-state index < -0.39 is 16.8 Å². The topological polar surface area (TPSA) is 107 Å². The van der Waals surface area contributed by atoms with Gasteiger partial charge in [-0.25, -0.2) is 4.79 Å². The molecule has 9 nitrogen and oxygen atoms in total. The number of aromatic nitrogens is 1. The molecule has 0 aliphatic carbocycles. The lowest BCUT2D eigenvalue weighted by Crippen LogP contribution is -2.33. The number of nitro benzene ring substituents is 1. The van der Waals surface area contributed by atoms with Crippen LogP contribution in [0.15, 0.2) is 52.6 Å². The number of anilines is 1. The maximum absolute atomic E-state index is 13.6. The van der Waals surface area contributed by atoms with E-state index >= 15 is 0 Å². The first-order chi connectivity index (χ1) is 15.3. The van der Waals surface area contributed by atoms with Gasteiger partial charge in [0.15, 0.2) is 0 Å². The Labute approximate surface area is 186 Å². The van der Waals surface area contributed by atoms with E-state index in [1.54, 1.807) is 48.9 Å². The van der Waals surface area contributed by atoms with E-state index in [1.165, 1.54) is 6.07 Å². The summed E-state index contributed by atoms with van der Waals surface area (Å²) in [5.74, 6) is -1.52. The molecule has 1 aromatic heterocycles. The van der Waals surface area contributed by atoms with Crippen molar-refractivity contribution in [2.75, 3.05) is 32.6 Å². The minimum atomic E-state index is -0.916. The van der Waals surface area contributed by atoms with E-state index in [4.69, 9.17) is 4.74 Å². The van der Waals surface area contributed by atoms with Crippen LogP contribution in [0.2, 0.25) is 0 Å². The summed E-state index contributed by atoms with van der Waals surface area (Å²) < 4.78 is 6.85. The monoisotopic (exact) mass is 440 g/mol. The molecule has 0 bridgehead atoms. The molecule has 170 valence electrons. The quantitative estimate of drug-likeness (QED) is 0.382. The van der Waals surface area contributed by atoms with E-state index in [0.717, 1.165) is 13.0 Å². The van der Waals surface area contributed by atoms with Crippen LogP contribution in [-0.2, 0) is 16.1 Å². The lowest BCUT2D eigenvalue weighted by atomic mass is 9.80. The Bertz CT molecular complexity index is 1120. The van der Waals surface area contributed by atoms with E-state index in [9.17, 15) is 19.7 Å². The minimum absolute atomic E-state index is 0.148. The number of para-hydroxylation sites is 1. The molecule has 1 aromatic carbocycles. The van der Waals surface area contributed by atoms with Gasteiger partial charge in [0.25, 0.3) is 11.2 Å². The molecule has 0 amide bonds. The summed E-state index contributed by atoms with van der Waals surface area (Å²) in [6, 6.07) is 7.98. The Morgan fingerprint density at radius 3 is 2.66 bits per heavy atom. The van der Waals surface area contributed by atoms with Gasteiger partial charge in [0.2, 0.25) is 0 Å². The molecule has 2 heterocycles. The van der Waals surface area contributed by atoms with Crippen molar-refractivity contribution in [1.82, 2.24) is 9.47 Å². The first-order valence-corrected chi connectivity index (χ1v) is 10.5. The van der Waals surface area contributed by atoms with Crippen molar-refractivity contribution >= 4 is 17.3 Å². The zero-order valence-electron chi connectivity index (χ0n) is 18.8. The van der Waals surface area contributed by atoms with Crippen LogP contribution in [0.3, 0.4) is 0 Å². The van der Waals surface area contributed by atoms with Crippen LogP contribution in [0.1, 0.15) is 37.3 Å². The fraction of sp³-hybridized carbons (Fsp3) is 0.391. The second-order valence-corrected chi connectivity index (χ2v) is 7.93. The molecule has 2 aromatic rings. The van der Waals surface area contributed by atoms with Crippen LogP contribution in [0.25, 0.3) is 0 Å². The third-order valence-electron chi connectivity index (χ3n) is 5.45. The fourth-order valence-corrected chi connectivity index (χ4v) is 4.03. The number of hydrogen-bond donors (Lipinski definition) is 1. The van der Waals surface area contributed by atoms with Crippen molar-refractivity contribution in [3.05, 3.63) is 79.4 Å². The number of allylic oxidation sites excluding steroid dienone is 1. The van der Waals surface area contributed by atoms with Gasteiger partial charge in [-0.1, -0.05) is 18.2 Å². The van der Waals surface area contributed by atoms with Gasteiger partial charge < -0.3 is 19.5 Å². The summed E-state index contributed by atoms with van der Waals surface area (Å²) in [4.78, 5) is 39.8. The summed E-state index contributed by atoms with van der Waals surface area (Å²) >= 11 is 0. The van der Waals surface area contributed by atoms with Crippen LogP contribution in [-0.4, -0.2) is 47.6 Å². The molecule has 3 rings (SSSR count). The second-order valence-electron chi connectivity index (χ2n) is 7.93. The molecule has 1 aliphatic rings. The highest BCUT2D eigenvalue weighted by Crippen LogP contribution is 2.43. The first kappa shape index (κ1) is 23.2. The fourth-order valence-electron chi connectivity index (χ4n) is 4.03. The summed E-state index contributed by atoms with van der Waals surface area (Å²) in [5, 5.41) is 14.9. The summed E-state index contributed by atoms with van der Waals surface area (Å²) in [6.07, 6.45) is 2.47. The largest absolute Gasteiger partial charge is 0.463 e. The third-order valence-corrected chi connectivity index (χ3v) is 5.45. The van der Waals surface area contributed by atoms with Crippen LogP contribution in [0.4, 0.5) is 11.4 Å². The van der Waals surface area contributed by atoms with Crippen molar-refractivity contribution in [1.29, 1.82) is 0 Å². The zero-order valence-corrected chi connectivity index (χ0v) is 18.8. The average Bonchev–Trinajstić information content (AvgIpc) is 2.74. The number of hydrogen-bond acceptors (Lipinski definition) is 7. The normalized spacial score (nSPS) is 15.3. The van der Waals surface area contributed by atoms with Crippen LogP contribution >= 0.6 is 0 Å². The molecule has 1 atom stereocenters. The van der Waals surface area contributed by atoms with Crippen LogP contribution in [0.5, 0.6) is 0 Å². The summed E-state index contributed by atoms with van der Waals surface area (Å²) in [5.41, 5.74) is 1.40. The second kappa shape index (κ2) is 9.78. The maximum atomic E-state index is 13.6. The number of aryl methyl sites for hydroxylation is 1. The van der Waals surface area contributed by atoms with E-state index in [0.29, 0.717) is 23.5 Å². The number of benzene rings is 1. The molecule has 0 saturated carbocycles. The standard InChI is InChI=1S/C23H28N4O5/c1-5-32-23(29)19-15(2)24-17-11-14-26(13-8-12-25(3)4)22(28)21(17)20(19)16-9-6-7-10-18(16)27(30)31/h6-7,9-11,14,20,24H,5,8,12-13H2,1-4H3. The highest BCUT2D eigenvalue weighted by Gasteiger charge is 2.38. The number of rotatable bonds is 8. The molecular formula is C23H28N4O5. The van der Waals surface area contributed by atoms with Crippen LogP contribution < -0.4 is 10.9 Å². The molecule has 0 fully saturated rings.